The van der Waals surface area contributed by atoms with E-state index in [1.807, 2.05) is 6.92 Å². The summed E-state index contributed by atoms with van der Waals surface area (Å²) in [6, 6.07) is 6.42. The lowest BCUT2D eigenvalue weighted by Crippen LogP contribution is -2.43. The van der Waals surface area contributed by atoms with Crippen molar-refractivity contribution in [2.45, 2.75) is 19.9 Å². The normalized spacial score (nSPS) is 10.5. The van der Waals surface area contributed by atoms with Gasteiger partial charge in [0.2, 0.25) is 0 Å². The second-order valence-electron chi connectivity index (χ2n) is 5.75. The van der Waals surface area contributed by atoms with Crippen molar-refractivity contribution in [3.8, 4) is 0 Å². The van der Waals surface area contributed by atoms with Crippen LogP contribution in [-0.4, -0.2) is 27.4 Å². The first-order chi connectivity index (χ1) is 12.3. The largest absolute Gasteiger partial charge is 0.384 e. The number of hydrogen-bond acceptors (Lipinski definition) is 6. The summed E-state index contributed by atoms with van der Waals surface area (Å²) in [4.78, 5) is 48.5. The summed E-state index contributed by atoms with van der Waals surface area (Å²) in [6.45, 7) is 1.85. The molecule has 2 rings (SSSR count). The Morgan fingerprint density at radius 3 is 2.46 bits per heavy atom. The number of benzene rings is 1. The van der Waals surface area contributed by atoms with Crippen LogP contribution in [-0.2, 0) is 13.6 Å². The van der Waals surface area contributed by atoms with Gasteiger partial charge < -0.3 is 16.8 Å². The molecule has 9 heteroatoms. The Labute approximate surface area is 149 Å². The molecule has 0 unspecified atom stereocenters. The van der Waals surface area contributed by atoms with Crippen LogP contribution in [0, 0.1) is 0 Å². The van der Waals surface area contributed by atoms with E-state index in [1.54, 1.807) is 18.2 Å². The van der Waals surface area contributed by atoms with Gasteiger partial charge in [0.05, 0.1) is 12.1 Å². The summed E-state index contributed by atoms with van der Waals surface area (Å²) in [5.74, 6) is -1.39. The third kappa shape index (κ3) is 3.51. The van der Waals surface area contributed by atoms with Gasteiger partial charge in [0.25, 0.3) is 11.5 Å². The molecule has 0 radical (unpaired) electrons. The van der Waals surface area contributed by atoms with Gasteiger partial charge in [0.1, 0.15) is 11.4 Å². The summed E-state index contributed by atoms with van der Waals surface area (Å²) in [6.07, 6.45) is 0.611. The fourth-order valence-corrected chi connectivity index (χ4v) is 2.60. The minimum atomic E-state index is -0.755. The molecule has 1 heterocycles. The summed E-state index contributed by atoms with van der Waals surface area (Å²) >= 11 is 0. The maximum Gasteiger partial charge on any atom is 0.332 e. The molecule has 0 atom stereocenters. The Balaban J connectivity index is 2.38. The van der Waals surface area contributed by atoms with Crippen molar-refractivity contribution in [2.24, 2.45) is 12.8 Å². The number of nitrogens with two attached hydrogens (primary N) is 2. The summed E-state index contributed by atoms with van der Waals surface area (Å²) in [5.41, 5.74) is 10.2. The molecule has 138 valence electrons. The molecule has 5 N–H and O–H groups in total. The van der Waals surface area contributed by atoms with E-state index in [4.69, 9.17) is 11.5 Å². The van der Waals surface area contributed by atoms with Crippen molar-refractivity contribution >= 4 is 23.2 Å². The number of nitrogens with zero attached hydrogens (tertiary/aromatic N) is 2. The lowest BCUT2D eigenvalue weighted by atomic mass is 10.1. The van der Waals surface area contributed by atoms with Gasteiger partial charge >= 0.3 is 5.69 Å². The molecule has 0 bridgehead atoms. The molecular weight excluding hydrogens is 338 g/mol. The standard InChI is InChI=1S/C17H21N5O4/c1-3-8-22-14(18)13(16(25)21(2)17(22)26)12(23)9-20-11-7-5-4-6-10(11)15(19)24/h4-7,20H,3,8-9,18H2,1-2H3,(H2,19,24). The maximum atomic E-state index is 12.6. The molecule has 9 nitrogen and oxygen atoms in total. The summed E-state index contributed by atoms with van der Waals surface area (Å²) < 4.78 is 2.06. The van der Waals surface area contributed by atoms with Crippen molar-refractivity contribution in [1.29, 1.82) is 0 Å². The lowest BCUT2D eigenvalue weighted by molar-refractivity contribution is 0.0990. The summed E-state index contributed by atoms with van der Waals surface area (Å²) in [5, 5.41) is 2.79. The van der Waals surface area contributed by atoms with E-state index in [9.17, 15) is 19.2 Å². The molecule has 0 aliphatic heterocycles. The number of para-hydroxylation sites is 1. The Kier molecular flexibility index (Phi) is 5.61. The van der Waals surface area contributed by atoms with Crippen LogP contribution in [0.25, 0.3) is 0 Å². The van der Waals surface area contributed by atoms with Gasteiger partial charge in [-0.05, 0) is 18.6 Å². The average Bonchev–Trinajstić information content (AvgIpc) is 2.62. The Morgan fingerprint density at radius 2 is 1.85 bits per heavy atom. The molecule has 0 saturated carbocycles. The topological polar surface area (TPSA) is 142 Å². The lowest BCUT2D eigenvalue weighted by Gasteiger charge is -2.14. The predicted octanol–water partition coefficient (Wildman–Crippen LogP) is -0.0671. The number of carbonyl (C=O) groups excluding carboxylic acids is 2. The first-order valence-electron chi connectivity index (χ1n) is 8.04. The highest BCUT2D eigenvalue weighted by Gasteiger charge is 2.21. The SMILES string of the molecule is CCCn1c(N)c(C(=O)CNc2ccccc2C(N)=O)c(=O)n(C)c1=O. The minimum Gasteiger partial charge on any atom is -0.384 e. The summed E-state index contributed by atoms with van der Waals surface area (Å²) in [7, 11) is 1.29. The van der Waals surface area contributed by atoms with Crippen molar-refractivity contribution in [3.05, 3.63) is 56.2 Å². The van der Waals surface area contributed by atoms with Crippen LogP contribution in [0.1, 0.15) is 34.1 Å². The van der Waals surface area contributed by atoms with Gasteiger partial charge in [-0.25, -0.2) is 4.79 Å². The number of amides is 1. The van der Waals surface area contributed by atoms with Crippen LogP contribution in [0.5, 0.6) is 0 Å². The zero-order valence-electron chi connectivity index (χ0n) is 14.6. The Hall–Kier alpha value is -3.36. The zero-order valence-corrected chi connectivity index (χ0v) is 14.6. The first-order valence-corrected chi connectivity index (χ1v) is 8.04. The average molecular weight is 359 g/mol. The van der Waals surface area contributed by atoms with E-state index < -0.39 is 22.9 Å². The molecule has 0 spiro atoms. The van der Waals surface area contributed by atoms with Crippen molar-refractivity contribution in [1.82, 2.24) is 9.13 Å². The van der Waals surface area contributed by atoms with Crippen molar-refractivity contribution < 1.29 is 9.59 Å². The van der Waals surface area contributed by atoms with Crippen molar-refractivity contribution in [2.75, 3.05) is 17.6 Å². The number of anilines is 2. The second kappa shape index (κ2) is 7.68. The highest BCUT2D eigenvalue weighted by atomic mass is 16.2. The molecule has 1 amide bonds. The first kappa shape index (κ1) is 19.0. The third-order valence-corrected chi connectivity index (χ3v) is 3.94. The van der Waals surface area contributed by atoms with Crippen LogP contribution < -0.4 is 28.0 Å². The van der Waals surface area contributed by atoms with Gasteiger partial charge in [-0.15, -0.1) is 0 Å². The molecule has 0 aliphatic rings. The molecule has 0 saturated heterocycles. The van der Waals surface area contributed by atoms with Gasteiger partial charge in [-0.3, -0.25) is 23.5 Å². The fourth-order valence-electron chi connectivity index (χ4n) is 2.60. The monoisotopic (exact) mass is 359 g/mol. The molecule has 0 fully saturated rings. The van der Waals surface area contributed by atoms with E-state index in [-0.39, 0.29) is 30.0 Å². The number of primary amides is 1. The van der Waals surface area contributed by atoms with Gasteiger partial charge in [-0.1, -0.05) is 19.1 Å². The zero-order chi connectivity index (χ0) is 19.4. The number of Topliss-reactive ketones (excluding diaryl/α,β-unsaturated/α-hetero) is 1. The van der Waals surface area contributed by atoms with Crippen molar-refractivity contribution in [3.63, 3.8) is 0 Å². The maximum absolute atomic E-state index is 12.6. The highest BCUT2D eigenvalue weighted by Crippen LogP contribution is 2.14. The Bertz CT molecular complexity index is 974. The van der Waals surface area contributed by atoms with E-state index in [0.717, 1.165) is 4.57 Å². The van der Waals surface area contributed by atoms with E-state index in [0.29, 0.717) is 12.1 Å². The van der Waals surface area contributed by atoms with Gasteiger partial charge in [0, 0.05) is 19.3 Å². The Morgan fingerprint density at radius 1 is 1.19 bits per heavy atom. The highest BCUT2D eigenvalue weighted by molar-refractivity contribution is 6.03. The van der Waals surface area contributed by atoms with Gasteiger partial charge in [-0.2, -0.15) is 0 Å². The molecule has 2 aromatic rings. The number of rotatable bonds is 7. The van der Waals surface area contributed by atoms with E-state index in [1.165, 1.54) is 17.7 Å². The van der Waals surface area contributed by atoms with Crippen LogP contribution in [0.4, 0.5) is 11.5 Å². The smallest absolute Gasteiger partial charge is 0.332 e. The number of aromatic nitrogens is 2. The fraction of sp³-hybridized carbons (Fsp3) is 0.294. The molecule has 1 aromatic carbocycles. The van der Waals surface area contributed by atoms with Gasteiger partial charge in [0.15, 0.2) is 5.78 Å². The van der Waals surface area contributed by atoms with E-state index >= 15 is 0 Å². The van der Waals surface area contributed by atoms with Crippen LogP contribution in [0.3, 0.4) is 0 Å². The van der Waals surface area contributed by atoms with E-state index in [2.05, 4.69) is 5.32 Å². The number of ketones is 1. The minimum absolute atomic E-state index is 0.157. The predicted molar refractivity (Wildman–Crippen MR) is 98.4 cm³/mol. The molecular formula is C17H21N5O4. The number of nitrogens with one attached hydrogen (secondary N) is 1. The van der Waals surface area contributed by atoms with Crippen LogP contribution in [0.15, 0.2) is 33.9 Å². The number of hydrogen-bond donors (Lipinski definition) is 3. The van der Waals surface area contributed by atoms with Crippen LogP contribution >= 0.6 is 0 Å². The molecule has 26 heavy (non-hydrogen) atoms. The number of nitrogen functional groups attached to an aromatic ring is 1. The number of carbonyl (C=O) groups is 2. The third-order valence-electron chi connectivity index (χ3n) is 3.94. The van der Waals surface area contributed by atoms with Crippen LogP contribution in [0.2, 0.25) is 0 Å². The quantitative estimate of drug-likeness (QED) is 0.591. The molecule has 0 aliphatic carbocycles. The molecule has 1 aromatic heterocycles. The second-order valence-corrected chi connectivity index (χ2v) is 5.75.